The smallest absolute Gasteiger partial charge is 0.238 e. The van der Waals surface area contributed by atoms with E-state index in [1.165, 1.54) is 0 Å². The predicted octanol–water partition coefficient (Wildman–Crippen LogP) is 2.80. The highest BCUT2D eigenvalue weighted by molar-refractivity contribution is 6.30. The van der Waals surface area contributed by atoms with Crippen molar-refractivity contribution in [1.82, 2.24) is 14.7 Å². The monoisotopic (exact) mass is 362 g/mol. The molecule has 134 valence electrons. The average Bonchev–Trinajstić information content (AvgIpc) is 3.00. The third-order valence-electron chi connectivity index (χ3n) is 4.36. The van der Waals surface area contributed by atoms with Gasteiger partial charge in [0.1, 0.15) is 5.75 Å². The fourth-order valence-electron chi connectivity index (χ4n) is 2.95. The Balaban J connectivity index is 1.36. The van der Waals surface area contributed by atoms with Gasteiger partial charge in [0.25, 0.3) is 0 Å². The summed E-state index contributed by atoms with van der Waals surface area (Å²) in [7, 11) is 1.83. The van der Waals surface area contributed by atoms with Gasteiger partial charge in [-0.05, 0) is 56.1 Å². The molecule has 3 rings (SSSR count). The highest BCUT2D eigenvalue weighted by Gasteiger charge is 2.21. The van der Waals surface area contributed by atoms with Gasteiger partial charge >= 0.3 is 0 Å². The number of likely N-dealkylation sites (tertiary alicyclic amines) is 1. The van der Waals surface area contributed by atoms with Gasteiger partial charge in [-0.2, -0.15) is 5.10 Å². The first-order valence-corrected chi connectivity index (χ1v) is 8.85. The normalized spacial score (nSPS) is 15.9. The topological polar surface area (TPSA) is 59.4 Å². The molecule has 1 saturated heterocycles. The Bertz CT molecular complexity index is 693. The number of aromatic nitrogens is 2. The number of hydrogen-bond acceptors (Lipinski definition) is 4. The minimum absolute atomic E-state index is 0.00358. The number of nitrogens with one attached hydrogen (secondary N) is 1. The second-order valence-corrected chi connectivity index (χ2v) is 6.87. The lowest BCUT2D eigenvalue weighted by Crippen LogP contribution is -2.40. The van der Waals surface area contributed by atoms with E-state index in [1.807, 2.05) is 31.3 Å². The van der Waals surface area contributed by atoms with Crippen LogP contribution in [0.5, 0.6) is 5.75 Å². The number of ether oxygens (including phenoxy) is 1. The second-order valence-electron chi connectivity index (χ2n) is 6.44. The quantitative estimate of drug-likeness (QED) is 0.858. The van der Waals surface area contributed by atoms with E-state index in [-0.39, 0.29) is 5.91 Å². The molecule has 1 N–H and O–H groups in total. The molecule has 1 aromatic heterocycles. The van der Waals surface area contributed by atoms with Crippen molar-refractivity contribution in [2.24, 2.45) is 13.0 Å². The Hall–Kier alpha value is -2.05. The molecule has 0 spiro atoms. The van der Waals surface area contributed by atoms with Crippen molar-refractivity contribution in [3.05, 3.63) is 41.7 Å². The van der Waals surface area contributed by atoms with Gasteiger partial charge in [-0.3, -0.25) is 14.4 Å². The van der Waals surface area contributed by atoms with Crippen LogP contribution in [-0.2, 0) is 11.8 Å². The number of nitrogens with zero attached hydrogens (tertiary/aromatic N) is 3. The summed E-state index contributed by atoms with van der Waals surface area (Å²) < 4.78 is 7.50. The standard InChI is InChI=1S/C18H23ClN4O2/c1-22-11-16(10-20-22)21-18(24)12-23-8-6-14(7-9-23)13-25-17-4-2-15(19)3-5-17/h2-5,10-11,14H,6-9,12-13H2,1H3,(H,21,24). The average molecular weight is 363 g/mol. The number of hydrogen-bond donors (Lipinski definition) is 1. The molecule has 2 aromatic rings. The van der Waals surface area contributed by atoms with Crippen LogP contribution >= 0.6 is 11.6 Å². The van der Waals surface area contributed by atoms with E-state index >= 15 is 0 Å². The molecule has 0 unspecified atom stereocenters. The molecule has 2 heterocycles. The third-order valence-corrected chi connectivity index (χ3v) is 4.61. The molecule has 0 atom stereocenters. The maximum absolute atomic E-state index is 12.1. The van der Waals surface area contributed by atoms with E-state index in [1.54, 1.807) is 17.1 Å². The zero-order valence-electron chi connectivity index (χ0n) is 14.3. The maximum atomic E-state index is 12.1. The molecule has 0 saturated carbocycles. The highest BCUT2D eigenvalue weighted by Crippen LogP contribution is 2.20. The summed E-state index contributed by atoms with van der Waals surface area (Å²) in [5, 5.41) is 7.63. The van der Waals surface area contributed by atoms with Gasteiger partial charge in [-0.1, -0.05) is 11.6 Å². The van der Waals surface area contributed by atoms with Gasteiger partial charge in [0.2, 0.25) is 5.91 Å². The number of halogens is 1. The SMILES string of the molecule is Cn1cc(NC(=O)CN2CCC(COc3ccc(Cl)cc3)CC2)cn1. The summed E-state index contributed by atoms with van der Waals surface area (Å²) in [5.41, 5.74) is 0.735. The van der Waals surface area contributed by atoms with Crippen LogP contribution in [0, 0.1) is 5.92 Å². The number of amides is 1. The van der Waals surface area contributed by atoms with Crippen LogP contribution in [0.15, 0.2) is 36.7 Å². The summed E-state index contributed by atoms with van der Waals surface area (Å²) >= 11 is 5.87. The molecule has 1 amide bonds. The van der Waals surface area contributed by atoms with Crippen LogP contribution in [-0.4, -0.2) is 46.8 Å². The first-order chi connectivity index (χ1) is 12.1. The van der Waals surface area contributed by atoms with Crippen LogP contribution < -0.4 is 10.1 Å². The number of anilines is 1. The van der Waals surface area contributed by atoms with E-state index in [0.29, 0.717) is 24.1 Å². The number of carbonyl (C=O) groups is 1. The molecule has 1 aliphatic rings. The Morgan fingerprint density at radius 1 is 1.32 bits per heavy atom. The van der Waals surface area contributed by atoms with Crippen LogP contribution in [0.4, 0.5) is 5.69 Å². The van der Waals surface area contributed by atoms with E-state index in [4.69, 9.17) is 16.3 Å². The van der Waals surface area contributed by atoms with Gasteiger partial charge in [-0.15, -0.1) is 0 Å². The van der Waals surface area contributed by atoms with Crippen molar-refractivity contribution in [2.75, 3.05) is 31.6 Å². The molecule has 0 radical (unpaired) electrons. The zero-order valence-corrected chi connectivity index (χ0v) is 15.1. The van der Waals surface area contributed by atoms with Crippen LogP contribution in [0.1, 0.15) is 12.8 Å². The Morgan fingerprint density at radius 2 is 2.04 bits per heavy atom. The van der Waals surface area contributed by atoms with Crippen molar-refractivity contribution in [3.8, 4) is 5.75 Å². The summed E-state index contributed by atoms with van der Waals surface area (Å²) in [4.78, 5) is 14.3. The van der Waals surface area contributed by atoms with Crippen LogP contribution in [0.3, 0.4) is 0 Å². The Labute approximate surface area is 152 Å². The van der Waals surface area contributed by atoms with Crippen molar-refractivity contribution in [2.45, 2.75) is 12.8 Å². The Kier molecular flexibility index (Phi) is 5.94. The number of carbonyl (C=O) groups excluding carboxylic acids is 1. The van der Waals surface area contributed by atoms with Crippen molar-refractivity contribution >= 4 is 23.2 Å². The molecular weight excluding hydrogens is 340 g/mol. The summed E-state index contributed by atoms with van der Waals surface area (Å²) in [6, 6.07) is 7.45. The zero-order chi connectivity index (χ0) is 17.6. The first kappa shape index (κ1) is 17.8. The lowest BCUT2D eigenvalue weighted by atomic mass is 9.98. The number of aryl methyl sites for hydroxylation is 1. The van der Waals surface area contributed by atoms with E-state index < -0.39 is 0 Å². The maximum Gasteiger partial charge on any atom is 0.238 e. The molecule has 6 nitrogen and oxygen atoms in total. The molecule has 25 heavy (non-hydrogen) atoms. The molecule has 1 aliphatic heterocycles. The lowest BCUT2D eigenvalue weighted by Gasteiger charge is -2.31. The fraction of sp³-hybridized carbons (Fsp3) is 0.444. The minimum atomic E-state index is 0.00358. The van der Waals surface area contributed by atoms with Crippen molar-refractivity contribution in [3.63, 3.8) is 0 Å². The van der Waals surface area contributed by atoms with Gasteiger partial charge in [0.15, 0.2) is 0 Å². The lowest BCUT2D eigenvalue weighted by molar-refractivity contribution is -0.117. The van der Waals surface area contributed by atoms with Gasteiger partial charge in [-0.25, -0.2) is 0 Å². The molecule has 0 bridgehead atoms. The van der Waals surface area contributed by atoms with Crippen LogP contribution in [0.25, 0.3) is 0 Å². The van der Waals surface area contributed by atoms with Crippen molar-refractivity contribution in [1.29, 1.82) is 0 Å². The number of rotatable bonds is 6. The van der Waals surface area contributed by atoms with E-state index in [0.717, 1.165) is 37.4 Å². The predicted molar refractivity (Wildman–Crippen MR) is 97.9 cm³/mol. The Morgan fingerprint density at radius 3 is 2.68 bits per heavy atom. The molecule has 0 aliphatic carbocycles. The largest absolute Gasteiger partial charge is 0.493 e. The van der Waals surface area contributed by atoms with E-state index in [9.17, 15) is 4.79 Å². The van der Waals surface area contributed by atoms with Gasteiger partial charge in [0, 0.05) is 18.3 Å². The van der Waals surface area contributed by atoms with Crippen molar-refractivity contribution < 1.29 is 9.53 Å². The minimum Gasteiger partial charge on any atom is -0.493 e. The summed E-state index contributed by atoms with van der Waals surface area (Å²) in [6.45, 7) is 2.95. The molecule has 1 aromatic carbocycles. The highest BCUT2D eigenvalue weighted by atomic mass is 35.5. The first-order valence-electron chi connectivity index (χ1n) is 8.48. The third kappa shape index (κ3) is 5.47. The van der Waals surface area contributed by atoms with Gasteiger partial charge in [0.05, 0.1) is 25.0 Å². The second kappa shape index (κ2) is 8.36. The van der Waals surface area contributed by atoms with Crippen LogP contribution in [0.2, 0.25) is 5.02 Å². The summed E-state index contributed by atoms with van der Waals surface area (Å²) in [5.74, 6) is 1.37. The molecule has 1 fully saturated rings. The van der Waals surface area contributed by atoms with E-state index in [2.05, 4.69) is 15.3 Å². The molecule has 7 heteroatoms. The summed E-state index contributed by atoms with van der Waals surface area (Å²) in [6.07, 6.45) is 5.51. The fourth-order valence-corrected chi connectivity index (χ4v) is 3.07. The van der Waals surface area contributed by atoms with Gasteiger partial charge < -0.3 is 10.1 Å². The number of benzene rings is 1. The number of piperidine rings is 1. The molecular formula is C18H23ClN4O2.